The second-order valence-electron chi connectivity index (χ2n) is 13.6. The number of aliphatic hydroxyl groups is 1. The molecule has 2 amide bonds. The van der Waals surface area contributed by atoms with Crippen LogP contribution in [0.3, 0.4) is 0 Å². The molecule has 4 heterocycles. The molecule has 0 radical (unpaired) electrons. The first-order valence-electron chi connectivity index (χ1n) is 16.5. The van der Waals surface area contributed by atoms with E-state index in [1.54, 1.807) is 47.1 Å². The molecule has 2 aromatic carbocycles. The molecule has 48 heavy (non-hydrogen) atoms. The van der Waals surface area contributed by atoms with Crippen LogP contribution in [0.2, 0.25) is 18.6 Å². The number of fused-ring (bicyclic) bond motifs is 2. The molecule has 1 spiro atoms. The first-order chi connectivity index (χ1) is 22.9. The fourth-order valence-corrected chi connectivity index (χ4v) is 10.3. The van der Waals surface area contributed by atoms with Gasteiger partial charge < -0.3 is 29.5 Å². The molecule has 1 unspecified atom stereocenters. The first-order valence-corrected chi connectivity index (χ1v) is 19.5. The minimum absolute atomic E-state index is 0.0348. The Bertz CT molecular complexity index is 1680. The van der Waals surface area contributed by atoms with Crippen LogP contribution in [0.25, 0.3) is 0 Å². The van der Waals surface area contributed by atoms with Crippen molar-refractivity contribution in [3.05, 3.63) is 75.6 Å². The molecule has 5 atom stereocenters. The average Bonchev–Trinajstić information content (AvgIpc) is 3.71. The molecule has 3 aliphatic heterocycles. The number of benzene rings is 2. The van der Waals surface area contributed by atoms with Gasteiger partial charge >= 0.3 is 0 Å². The number of piperidine rings is 1. The van der Waals surface area contributed by atoms with Crippen molar-refractivity contribution in [1.29, 1.82) is 0 Å². The average molecular weight is 680 g/mol. The van der Waals surface area contributed by atoms with Crippen molar-refractivity contribution in [2.75, 3.05) is 29.9 Å². The lowest BCUT2D eigenvalue weighted by atomic mass is 9.82. The summed E-state index contributed by atoms with van der Waals surface area (Å²) in [5.74, 6) is -1.12. The zero-order chi connectivity index (χ0) is 34.2. The van der Waals surface area contributed by atoms with Crippen LogP contribution in [0.4, 0.5) is 21.2 Å². The van der Waals surface area contributed by atoms with Gasteiger partial charge in [0.25, 0.3) is 11.6 Å². The number of amides is 2. The molecular formula is C33H42FN7O6Si. The van der Waals surface area contributed by atoms with Crippen LogP contribution in [0.1, 0.15) is 43.0 Å². The quantitative estimate of drug-likeness (QED) is 0.117. The first kappa shape index (κ1) is 33.8. The molecule has 3 aromatic rings. The largest absolute Gasteiger partial charge is 0.396 e. The van der Waals surface area contributed by atoms with E-state index in [0.29, 0.717) is 48.6 Å². The third-order valence-corrected chi connectivity index (χ3v) is 12.4. The monoisotopic (exact) mass is 679 g/mol. The Balaban J connectivity index is 1.28. The van der Waals surface area contributed by atoms with E-state index in [1.807, 2.05) is 19.1 Å². The van der Waals surface area contributed by atoms with Crippen LogP contribution >= 0.6 is 0 Å². The van der Waals surface area contributed by atoms with Gasteiger partial charge in [0.15, 0.2) is 5.60 Å². The summed E-state index contributed by atoms with van der Waals surface area (Å²) in [6, 6.07) is 11.6. The van der Waals surface area contributed by atoms with E-state index in [-0.39, 0.29) is 36.6 Å². The van der Waals surface area contributed by atoms with Crippen LogP contribution in [0, 0.1) is 22.0 Å². The second-order valence-corrected chi connectivity index (χ2v) is 17.4. The number of nitro benzene ring substituents is 1. The van der Waals surface area contributed by atoms with Crippen molar-refractivity contribution < 1.29 is 28.5 Å². The smallest absolute Gasteiger partial charge is 0.269 e. The highest BCUT2D eigenvalue weighted by molar-refractivity contribution is 6.72. The number of rotatable bonds is 11. The predicted molar refractivity (Wildman–Crippen MR) is 178 cm³/mol. The number of carbonyl (C=O) groups excluding carboxylic acids is 2. The van der Waals surface area contributed by atoms with Gasteiger partial charge in [-0.05, 0) is 62.7 Å². The van der Waals surface area contributed by atoms with Gasteiger partial charge in [-0.15, -0.1) is 5.10 Å². The lowest BCUT2D eigenvalue weighted by molar-refractivity contribution is -0.385. The second kappa shape index (κ2) is 13.5. The Hall–Kier alpha value is -4.05. The molecule has 13 nitrogen and oxygen atoms in total. The third kappa shape index (κ3) is 6.39. The number of anilines is 2. The number of ether oxygens (including phenoxy) is 1. The molecule has 256 valence electrons. The van der Waals surface area contributed by atoms with Gasteiger partial charge in [-0.25, -0.2) is 0 Å². The predicted octanol–water partition coefficient (Wildman–Crippen LogP) is 4.07. The molecular weight excluding hydrogens is 637 g/mol. The zero-order valence-corrected chi connectivity index (χ0v) is 28.4. The standard InChI is InChI=1S/C33H42FN7O6Si/c1-21-30(48(2,3)34)29(12-15-39-20-25(13-16-42)37-38-39)47-33(21)27-17-26(41(45)46)10-11-28(27)40(32(33)44)19-22-6-8-24(9-7-22)36-31(43)23-5-4-14-35-18-23/h6-11,17,20-21,23,29-30,35,42H,4-5,12-16,18-19H2,1-3H3,(H,36,43)/t21-,23?,29+,30-,33+/m1/s1. The molecule has 0 aliphatic carbocycles. The summed E-state index contributed by atoms with van der Waals surface area (Å²) in [7, 11) is -3.45. The Morgan fingerprint density at radius 3 is 2.71 bits per heavy atom. The minimum atomic E-state index is -3.45. The van der Waals surface area contributed by atoms with Gasteiger partial charge in [-0.3, -0.25) is 24.4 Å². The number of nitrogens with one attached hydrogen (secondary N) is 2. The van der Waals surface area contributed by atoms with Crippen molar-refractivity contribution in [3.63, 3.8) is 0 Å². The summed E-state index contributed by atoms with van der Waals surface area (Å²) >= 11 is 0. The molecule has 0 saturated carbocycles. The number of hydrogen-bond acceptors (Lipinski definition) is 9. The van der Waals surface area contributed by atoms with Gasteiger partial charge in [-0.1, -0.05) is 24.3 Å². The number of aryl methyl sites for hydroxylation is 1. The molecule has 3 aliphatic rings. The van der Waals surface area contributed by atoms with Gasteiger partial charge in [-0.2, -0.15) is 0 Å². The maximum Gasteiger partial charge on any atom is 0.269 e. The van der Waals surface area contributed by atoms with E-state index in [0.717, 1.165) is 24.9 Å². The molecule has 2 fully saturated rings. The number of carbonyl (C=O) groups is 2. The van der Waals surface area contributed by atoms with Crippen LogP contribution < -0.4 is 15.5 Å². The van der Waals surface area contributed by atoms with E-state index >= 15 is 4.11 Å². The van der Waals surface area contributed by atoms with Crippen LogP contribution in [0.15, 0.2) is 48.7 Å². The van der Waals surface area contributed by atoms with Crippen molar-refractivity contribution in [1.82, 2.24) is 20.3 Å². The van der Waals surface area contributed by atoms with E-state index < -0.39 is 36.5 Å². The number of non-ortho nitro benzene ring substituents is 1. The van der Waals surface area contributed by atoms with Crippen LogP contribution in [0.5, 0.6) is 0 Å². The van der Waals surface area contributed by atoms with Gasteiger partial charge in [0.1, 0.15) is 0 Å². The number of halogens is 1. The maximum absolute atomic E-state index is 16.2. The summed E-state index contributed by atoms with van der Waals surface area (Å²) in [4.78, 5) is 40.3. The summed E-state index contributed by atoms with van der Waals surface area (Å²) < 4.78 is 24.5. The molecule has 0 bridgehead atoms. The summed E-state index contributed by atoms with van der Waals surface area (Å²) in [5.41, 5.74) is 0.549. The van der Waals surface area contributed by atoms with Gasteiger partial charge in [0.05, 0.1) is 34.9 Å². The third-order valence-electron chi connectivity index (χ3n) is 9.98. The fourth-order valence-electron chi connectivity index (χ4n) is 7.71. The van der Waals surface area contributed by atoms with Gasteiger partial charge in [0, 0.05) is 67.2 Å². The lowest BCUT2D eigenvalue weighted by Crippen LogP contribution is -2.45. The highest BCUT2D eigenvalue weighted by atomic mass is 28.4. The Morgan fingerprint density at radius 1 is 1.27 bits per heavy atom. The van der Waals surface area contributed by atoms with E-state index in [9.17, 15) is 24.8 Å². The topological polar surface area (TPSA) is 165 Å². The Labute approximate surface area is 279 Å². The summed E-state index contributed by atoms with van der Waals surface area (Å²) in [5, 5.41) is 35.5. The van der Waals surface area contributed by atoms with Crippen molar-refractivity contribution >= 4 is 37.3 Å². The highest BCUT2D eigenvalue weighted by Crippen LogP contribution is 2.60. The summed E-state index contributed by atoms with van der Waals surface area (Å²) in [6.07, 6.45) is 3.57. The van der Waals surface area contributed by atoms with Crippen molar-refractivity contribution in [2.24, 2.45) is 11.8 Å². The maximum atomic E-state index is 16.2. The molecule has 15 heteroatoms. The van der Waals surface area contributed by atoms with Crippen molar-refractivity contribution in [2.45, 2.75) is 76.0 Å². The Kier molecular flexibility index (Phi) is 9.48. The van der Waals surface area contributed by atoms with Crippen LogP contribution in [-0.2, 0) is 39.4 Å². The van der Waals surface area contributed by atoms with E-state index in [1.165, 1.54) is 12.1 Å². The fraction of sp³-hybridized carbons (Fsp3) is 0.515. The molecule has 2 saturated heterocycles. The van der Waals surface area contributed by atoms with Crippen LogP contribution in [-0.4, -0.2) is 71.0 Å². The number of hydrogen-bond donors (Lipinski definition) is 3. The number of nitro groups is 1. The lowest BCUT2D eigenvalue weighted by Gasteiger charge is -2.31. The number of aliphatic hydroxyl groups excluding tert-OH is 1. The SMILES string of the molecule is C[C@@H]1[C@@H]([Si](C)(C)F)[C@H](CCn2cc(CCO)nn2)O[C@@]12C(=O)N(Cc1ccc(NC(=O)C3CCCNC3)cc1)c1ccc([N+](=O)[O-])cc12. The summed E-state index contributed by atoms with van der Waals surface area (Å²) in [6.45, 7) is 7.04. The molecule has 1 aromatic heterocycles. The van der Waals surface area contributed by atoms with Crippen molar-refractivity contribution in [3.8, 4) is 0 Å². The number of aromatic nitrogens is 3. The Morgan fingerprint density at radius 2 is 2.04 bits per heavy atom. The van der Waals surface area contributed by atoms with Gasteiger partial charge in [0.2, 0.25) is 14.3 Å². The normalized spacial score (nSPS) is 25.4. The zero-order valence-electron chi connectivity index (χ0n) is 27.4. The minimum Gasteiger partial charge on any atom is -0.396 e. The molecule has 6 rings (SSSR count). The number of nitrogens with zero attached hydrogens (tertiary/aromatic N) is 5. The van der Waals surface area contributed by atoms with E-state index in [4.69, 9.17) is 4.74 Å². The van der Waals surface area contributed by atoms with E-state index in [2.05, 4.69) is 20.9 Å². The highest BCUT2D eigenvalue weighted by Gasteiger charge is 2.66. The molecule has 3 N–H and O–H groups in total.